The molecule has 0 saturated heterocycles. The van der Waals surface area contributed by atoms with Crippen molar-refractivity contribution in [1.82, 2.24) is 24.9 Å². The Morgan fingerprint density at radius 1 is 1.48 bits per heavy atom. The summed E-state index contributed by atoms with van der Waals surface area (Å²) in [4.78, 5) is 18.5. The normalized spacial score (nSPS) is 11.5. The second kappa shape index (κ2) is 6.50. The summed E-state index contributed by atoms with van der Waals surface area (Å²) >= 11 is 0. The molecule has 21 heavy (non-hydrogen) atoms. The maximum Gasteiger partial charge on any atom is 0.342 e. The van der Waals surface area contributed by atoms with E-state index in [2.05, 4.69) is 24.9 Å². The minimum Gasteiger partial charge on any atom is -0.462 e. The van der Waals surface area contributed by atoms with Crippen molar-refractivity contribution in [3.8, 4) is 0 Å². The van der Waals surface area contributed by atoms with E-state index in [-0.39, 0.29) is 23.7 Å². The molecule has 0 radical (unpaired) electrons. The SMILES string of the molecule is CCOC(=O)c1cn[nH]c1S(=O)(=O)NCCc1ncc[nH]1. The third-order valence-corrected chi connectivity index (χ3v) is 4.01. The van der Waals surface area contributed by atoms with E-state index in [1.165, 1.54) is 0 Å². The van der Waals surface area contributed by atoms with Crippen molar-refractivity contribution < 1.29 is 17.9 Å². The number of nitrogens with zero attached hydrogens (tertiary/aromatic N) is 2. The van der Waals surface area contributed by atoms with Crippen LogP contribution in [-0.2, 0) is 21.2 Å². The largest absolute Gasteiger partial charge is 0.462 e. The number of carbonyl (C=O) groups excluding carboxylic acids is 1. The molecule has 0 aliphatic rings. The lowest BCUT2D eigenvalue weighted by Gasteiger charge is -2.06. The minimum absolute atomic E-state index is 0.123. The quantitative estimate of drug-likeness (QED) is 0.608. The Labute approximate surface area is 121 Å². The van der Waals surface area contributed by atoms with Crippen molar-refractivity contribution in [2.45, 2.75) is 18.4 Å². The molecule has 2 aromatic heterocycles. The van der Waals surface area contributed by atoms with E-state index < -0.39 is 16.0 Å². The van der Waals surface area contributed by atoms with Gasteiger partial charge < -0.3 is 9.72 Å². The summed E-state index contributed by atoms with van der Waals surface area (Å²) in [5.41, 5.74) is -0.123. The first kappa shape index (κ1) is 15.2. The van der Waals surface area contributed by atoms with Crippen LogP contribution in [0.1, 0.15) is 23.1 Å². The van der Waals surface area contributed by atoms with Gasteiger partial charge in [0.15, 0.2) is 5.03 Å². The third kappa shape index (κ3) is 3.67. The number of aromatic nitrogens is 4. The van der Waals surface area contributed by atoms with E-state index in [0.717, 1.165) is 6.20 Å². The van der Waals surface area contributed by atoms with Crippen molar-refractivity contribution >= 4 is 16.0 Å². The molecule has 2 rings (SSSR count). The Morgan fingerprint density at radius 3 is 2.95 bits per heavy atom. The first-order valence-electron chi connectivity index (χ1n) is 6.23. The van der Waals surface area contributed by atoms with E-state index in [0.29, 0.717) is 12.2 Å². The summed E-state index contributed by atoms with van der Waals surface area (Å²) in [7, 11) is -3.87. The van der Waals surface area contributed by atoms with E-state index in [9.17, 15) is 13.2 Å². The van der Waals surface area contributed by atoms with E-state index in [1.54, 1.807) is 19.3 Å². The molecule has 0 aliphatic heterocycles. The maximum absolute atomic E-state index is 12.1. The van der Waals surface area contributed by atoms with Crippen LogP contribution in [0.4, 0.5) is 0 Å². The van der Waals surface area contributed by atoms with Gasteiger partial charge in [0.2, 0.25) is 0 Å². The smallest absolute Gasteiger partial charge is 0.342 e. The topological polar surface area (TPSA) is 130 Å². The van der Waals surface area contributed by atoms with Crippen molar-refractivity contribution in [2.24, 2.45) is 0 Å². The number of imidazole rings is 1. The molecule has 0 aromatic carbocycles. The number of rotatable bonds is 7. The number of hydrogen-bond acceptors (Lipinski definition) is 6. The highest BCUT2D eigenvalue weighted by molar-refractivity contribution is 7.89. The first-order valence-corrected chi connectivity index (χ1v) is 7.71. The summed E-state index contributed by atoms with van der Waals surface area (Å²) in [6.45, 7) is 1.92. The van der Waals surface area contributed by atoms with Crippen LogP contribution in [0.15, 0.2) is 23.6 Å². The van der Waals surface area contributed by atoms with Gasteiger partial charge in [-0.05, 0) is 6.92 Å². The molecule has 0 bridgehead atoms. The summed E-state index contributed by atoms with van der Waals surface area (Å²) in [5, 5.41) is 5.59. The van der Waals surface area contributed by atoms with Crippen LogP contribution < -0.4 is 4.72 Å². The van der Waals surface area contributed by atoms with E-state index in [4.69, 9.17) is 4.74 Å². The fraction of sp³-hybridized carbons (Fsp3) is 0.364. The minimum atomic E-state index is -3.87. The highest BCUT2D eigenvalue weighted by atomic mass is 32.2. The summed E-state index contributed by atoms with van der Waals surface area (Å²) in [6.07, 6.45) is 4.75. The van der Waals surface area contributed by atoms with Crippen LogP contribution in [-0.4, -0.2) is 47.7 Å². The van der Waals surface area contributed by atoms with Crippen molar-refractivity contribution in [3.63, 3.8) is 0 Å². The molecule has 0 fully saturated rings. The highest BCUT2D eigenvalue weighted by Crippen LogP contribution is 2.13. The lowest BCUT2D eigenvalue weighted by Crippen LogP contribution is -2.28. The third-order valence-electron chi connectivity index (χ3n) is 2.58. The average molecular weight is 313 g/mol. The van der Waals surface area contributed by atoms with Gasteiger partial charge in [0.25, 0.3) is 10.0 Å². The summed E-state index contributed by atoms with van der Waals surface area (Å²) in [5.74, 6) is -0.0782. The van der Waals surface area contributed by atoms with Crippen LogP contribution >= 0.6 is 0 Å². The molecule has 2 aromatic rings. The van der Waals surface area contributed by atoms with Crippen LogP contribution in [0, 0.1) is 0 Å². The van der Waals surface area contributed by atoms with Gasteiger partial charge in [-0.3, -0.25) is 5.10 Å². The number of carbonyl (C=O) groups is 1. The predicted molar refractivity (Wildman–Crippen MR) is 72.0 cm³/mol. The molecule has 0 spiro atoms. The van der Waals surface area contributed by atoms with E-state index in [1.807, 2.05) is 0 Å². The fourth-order valence-electron chi connectivity index (χ4n) is 1.64. The zero-order valence-electron chi connectivity index (χ0n) is 11.3. The fourth-order valence-corrected chi connectivity index (χ4v) is 2.76. The lowest BCUT2D eigenvalue weighted by atomic mass is 10.4. The second-order valence-corrected chi connectivity index (χ2v) is 5.72. The van der Waals surface area contributed by atoms with Gasteiger partial charge in [-0.25, -0.2) is 22.9 Å². The van der Waals surface area contributed by atoms with Gasteiger partial charge in [-0.2, -0.15) is 5.10 Å². The number of sulfonamides is 1. The molecule has 0 saturated carbocycles. The molecular formula is C11H15N5O4S. The van der Waals surface area contributed by atoms with Crippen molar-refractivity contribution in [1.29, 1.82) is 0 Å². The Bertz CT molecular complexity index is 692. The maximum atomic E-state index is 12.1. The van der Waals surface area contributed by atoms with Crippen molar-refractivity contribution in [2.75, 3.05) is 13.2 Å². The number of nitrogens with one attached hydrogen (secondary N) is 3. The Hall–Kier alpha value is -2.20. The predicted octanol–water partition coefficient (Wildman–Crippen LogP) is -0.169. The van der Waals surface area contributed by atoms with Gasteiger partial charge in [-0.15, -0.1) is 0 Å². The zero-order valence-corrected chi connectivity index (χ0v) is 12.1. The number of ether oxygens (including phenoxy) is 1. The van der Waals surface area contributed by atoms with Crippen LogP contribution in [0.5, 0.6) is 0 Å². The number of H-pyrrole nitrogens is 2. The van der Waals surface area contributed by atoms with Crippen LogP contribution in [0.3, 0.4) is 0 Å². The van der Waals surface area contributed by atoms with Crippen LogP contribution in [0.2, 0.25) is 0 Å². The molecule has 0 amide bonds. The standard InChI is InChI=1S/C11H15N5O4S/c1-2-20-11(17)8-7-14-16-10(8)21(18,19)15-4-3-9-12-5-6-13-9/h5-7,15H,2-4H2,1H3,(H,12,13)(H,14,16). The van der Waals surface area contributed by atoms with Gasteiger partial charge in [0.05, 0.1) is 12.8 Å². The van der Waals surface area contributed by atoms with E-state index >= 15 is 0 Å². The van der Waals surface area contributed by atoms with Gasteiger partial charge in [0, 0.05) is 25.4 Å². The van der Waals surface area contributed by atoms with Crippen molar-refractivity contribution in [3.05, 3.63) is 30.0 Å². The van der Waals surface area contributed by atoms with Crippen LogP contribution in [0.25, 0.3) is 0 Å². The summed E-state index contributed by atoms with van der Waals surface area (Å²) in [6, 6.07) is 0. The highest BCUT2D eigenvalue weighted by Gasteiger charge is 2.25. The van der Waals surface area contributed by atoms with Gasteiger partial charge >= 0.3 is 5.97 Å². The molecule has 114 valence electrons. The Balaban J connectivity index is 2.05. The molecule has 0 aliphatic carbocycles. The number of aromatic amines is 2. The zero-order chi connectivity index (χ0) is 15.3. The molecule has 0 atom stereocenters. The molecule has 2 heterocycles. The Morgan fingerprint density at radius 2 is 2.29 bits per heavy atom. The molecule has 3 N–H and O–H groups in total. The monoisotopic (exact) mass is 313 g/mol. The number of esters is 1. The van der Waals surface area contributed by atoms with Gasteiger partial charge in [-0.1, -0.05) is 0 Å². The molecule has 10 heteroatoms. The Kier molecular flexibility index (Phi) is 4.70. The summed E-state index contributed by atoms with van der Waals surface area (Å²) < 4.78 is 31.4. The molecule has 0 unspecified atom stereocenters. The lowest BCUT2D eigenvalue weighted by molar-refractivity contribution is 0.0522. The van der Waals surface area contributed by atoms with Gasteiger partial charge in [0.1, 0.15) is 11.4 Å². The first-order chi connectivity index (χ1) is 10.0. The second-order valence-electron chi connectivity index (χ2n) is 4.02. The number of hydrogen-bond donors (Lipinski definition) is 3. The average Bonchev–Trinajstić information content (AvgIpc) is 3.10. The molecular weight excluding hydrogens is 298 g/mol. The molecule has 9 nitrogen and oxygen atoms in total.